The molecule has 0 radical (unpaired) electrons. The molecule has 0 saturated carbocycles. The highest BCUT2D eigenvalue weighted by atomic mass is 35.5. The van der Waals surface area contributed by atoms with Crippen LogP contribution in [0.2, 0.25) is 0 Å². The second-order valence-corrected chi connectivity index (χ2v) is 3.57. The molecule has 0 amide bonds. The highest BCUT2D eigenvalue weighted by Gasteiger charge is 2.36. The van der Waals surface area contributed by atoms with Gasteiger partial charge in [-0.2, -0.15) is 26.3 Å². The molecule has 0 bridgehead atoms. The van der Waals surface area contributed by atoms with Crippen molar-refractivity contribution in [2.75, 3.05) is 0 Å². The Hall–Kier alpha value is -1.44. The predicted octanol–water partition coefficient (Wildman–Crippen LogP) is 3.62. The van der Waals surface area contributed by atoms with Crippen LogP contribution in [0.15, 0.2) is 18.2 Å². The molecule has 2 nitrogen and oxygen atoms in total. The summed E-state index contributed by atoms with van der Waals surface area (Å²) in [4.78, 5) is 0. The maximum atomic E-state index is 12.5. The molecule has 108 valence electrons. The smallest absolute Gasteiger partial charge is 0.387 e. The summed E-state index contributed by atoms with van der Waals surface area (Å²) in [6.45, 7) is 0. The number of halogens is 7. The Kier molecular flexibility index (Phi) is 5.25. The second kappa shape index (κ2) is 5.68. The molecule has 0 aromatic heterocycles. The van der Waals surface area contributed by atoms with Crippen LogP contribution in [-0.2, 0) is 18.8 Å². The molecule has 0 spiro atoms. The molecule has 1 aromatic carbocycles. The molecule has 1 aromatic rings. The summed E-state index contributed by atoms with van der Waals surface area (Å²) in [5, 5.41) is 6.89. The van der Waals surface area contributed by atoms with E-state index in [0.29, 0.717) is 18.2 Å². The third kappa shape index (κ3) is 4.62. The van der Waals surface area contributed by atoms with E-state index in [1.807, 2.05) is 0 Å². The van der Waals surface area contributed by atoms with Crippen LogP contribution >= 0.6 is 12.4 Å². The molecule has 0 atom stereocenters. The van der Waals surface area contributed by atoms with Gasteiger partial charge < -0.3 is 5.73 Å². The summed E-state index contributed by atoms with van der Waals surface area (Å²) in [5.74, 6) is -0.639. The first-order valence-corrected chi connectivity index (χ1v) is 4.62. The fourth-order valence-corrected chi connectivity index (χ4v) is 1.40. The van der Waals surface area contributed by atoms with Gasteiger partial charge >= 0.3 is 12.4 Å². The number of nitrogens with two attached hydrogens (primary N) is 1. The van der Waals surface area contributed by atoms with Gasteiger partial charge in [-0.25, -0.2) is 0 Å². The van der Waals surface area contributed by atoms with E-state index in [0.717, 1.165) is 0 Å². The van der Waals surface area contributed by atoms with Crippen LogP contribution in [-0.4, -0.2) is 5.84 Å². The largest absolute Gasteiger partial charge is 0.416 e. The van der Waals surface area contributed by atoms with Gasteiger partial charge in [0.25, 0.3) is 0 Å². The molecular weight excluding hydrogens is 298 g/mol. The van der Waals surface area contributed by atoms with Crippen molar-refractivity contribution in [3.05, 3.63) is 34.9 Å². The third-order valence-corrected chi connectivity index (χ3v) is 2.12. The van der Waals surface area contributed by atoms with Gasteiger partial charge in [0.2, 0.25) is 0 Å². The van der Waals surface area contributed by atoms with Gasteiger partial charge in [-0.15, -0.1) is 12.4 Å². The molecule has 0 aliphatic carbocycles. The van der Waals surface area contributed by atoms with Crippen molar-refractivity contribution in [2.24, 2.45) is 5.73 Å². The zero-order chi connectivity index (χ0) is 14.1. The Labute approximate surface area is 110 Å². The number of rotatable bonds is 2. The van der Waals surface area contributed by atoms with E-state index in [2.05, 4.69) is 0 Å². The van der Waals surface area contributed by atoms with E-state index in [9.17, 15) is 26.3 Å². The molecule has 0 aliphatic rings. The maximum absolute atomic E-state index is 12.5. The summed E-state index contributed by atoms with van der Waals surface area (Å²) in [5.41, 5.74) is 1.85. The van der Waals surface area contributed by atoms with Crippen molar-refractivity contribution in [1.82, 2.24) is 0 Å². The lowest BCUT2D eigenvalue weighted by Crippen LogP contribution is -2.18. The van der Waals surface area contributed by atoms with Crippen molar-refractivity contribution in [1.29, 1.82) is 5.41 Å². The SMILES string of the molecule is Cl.N=C(N)Cc1cc(C(F)(F)F)ccc1C(F)(F)F. The van der Waals surface area contributed by atoms with Gasteiger partial charge in [-0.1, -0.05) is 0 Å². The fourth-order valence-electron chi connectivity index (χ4n) is 1.40. The van der Waals surface area contributed by atoms with Crippen LogP contribution in [0.25, 0.3) is 0 Å². The highest BCUT2D eigenvalue weighted by molar-refractivity contribution is 5.85. The quantitative estimate of drug-likeness (QED) is 0.489. The Morgan fingerprint density at radius 1 is 1.05 bits per heavy atom. The minimum atomic E-state index is -4.78. The molecule has 0 fully saturated rings. The predicted molar refractivity (Wildman–Crippen MR) is 59.3 cm³/mol. The summed E-state index contributed by atoms with van der Waals surface area (Å²) >= 11 is 0. The molecule has 0 saturated heterocycles. The summed E-state index contributed by atoms with van der Waals surface area (Å²) in [6, 6.07) is 1.07. The third-order valence-electron chi connectivity index (χ3n) is 2.12. The van der Waals surface area contributed by atoms with E-state index in [-0.39, 0.29) is 12.4 Å². The highest BCUT2D eigenvalue weighted by Crippen LogP contribution is 2.36. The summed E-state index contributed by atoms with van der Waals surface area (Å²) in [6.07, 6.45) is -10.2. The molecule has 1 rings (SSSR count). The van der Waals surface area contributed by atoms with Crippen LogP contribution in [0.4, 0.5) is 26.3 Å². The monoisotopic (exact) mass is 306 g/mol. The fraction of sp³-hybridized carbons (Fsp3) is 0.300. The molecular formula is C10H9ClF6N2. The van der Waals surface area contributed by atoms with Crippen LogP contribution in [0.1, 0.15) is 16.7 Å². The number of amidine groups is 1. The zero-order valence-electron chi connectivity index (χ0n) is 9.19. The first kappa shape index (κ1) is 17.6. The second-order valence-electron chi connectivity index (χ2n) is 3.57. The number of hydrogen-bond acceptors (Lipinski definition) is 1. The zero-order valence-corrected chi connectivity index (χ0v) is 10.0. The average Bonchev–Trinajstić information content (AvgIpc) is 2.13. The van der Waals surface area contributed by atoms with Crippen LogP contribution in [0.3, 0.4) is 0 Å². The average molecular weight is 307 g/mol. The lowest BCUT2D eigenvalue weighted by molar-refractivity contribution is -0.141. The van der Waals surface area contributed by atoms with E-state index >= 15 is 0 Å². The van der Waals surface area contributed by atoms with E-state index in [1.165, 1.54) is 0 Å². The van der Waals surface area contributed by atoms with Crippen molar-refractivity contribution in [2.45, 2.75) is 18.8 Å². The van der Waals surface area contributed by atoms with Gasteiger partial charge in [0.05, 0.1) is 17.0 Å². The minimum absolute atomic E-state index is 0. The van der Waals surface area contributed by atoms with Crippen LogP contribution in [0, 0.1) is 5.41 Å². The summed E-state index contributed by atoms with van der Waals surface area (Å²) < 4.78 is 74.7. The number of alkyl halides is 6. The molecule has 19 heavy (non-hydrogen) atoms. The Morgan fingerprint density at radius 3 is 1.95 bits per heavy atom. The lowest BCUT2D eigenvalue weighted by Gasteiger charge is -2.15. The van der Waals surface area contributed by atoms with E-state index < -0.39 is 41.3 Å². The summed E-state index contributed by atoms with van der Waals surface area (Å²) in [7, 11) is 0. The van der Waals surface area contributed by atoms with Gasteiger partial charge in [-0.05, 0) is 23.8 Å². The Bertz CT molecular complexity index is 466. The normalized spacial score (nSPS) is 11.9. The van der Waals surface area contributed by atoms with Gasteiger partial charge in [0, 0.05) is 6.42 Å². The molecule has 0 unspecified atom stereocenters. The minimum Gasteiger partial charge on any atom is -0.387 e. The standard InChI is InChI=1S/C10H8F6N2.ClH/c11-9(12,13)6-1-2-7(10(14,15)16)5(3-6)4-8(17)18;/h1-3H,4H2,(H3,17,18);1H. The Balaban J connectivity index is 0.00000324. The van der Waals surface area contributed by atoms with Crippen LogP contribution < -0.4 is 5.73 Å². The first-order valence-electron chi connectivity index (χ1n) is 4.62. The van der Waals surface area contributed by atoms with Gasteiger partial charge in [0.15, 0.2) is 0 Å². The van der Waals surface area contributed by atoms with E-state index in [1.54, 1.807) is 0 Å². The van der Waals surface area contributed by atoms with Crippen molar-refractivity contribution >= 4 is 18.2 Å². The van der Waals surface area contributed by atoms with Gasteiger partial charge in [0.1, 0.15) is 0 Å². The van der Waals surface area contributed by atoms with Crippen molar-refractivity contribution in [3.8, 4) is 0 Å². The van der Waals surface area contributed by atoms with Crippen molar-refractivity contribution in [3.63, 3.8) is 0 Å². The molecule has 9 heteroatoms. The molecule has 0 aliphatic heterocycles. The van der Waals surface area contributed by atoms with Crippen LogP contribution in [0.5, 0.6) is 0 Å². The maximum Gasteiger partial charge on any atom is 0.416 e. The van der Waals surface area contributed by atoms with E-state index in [4.69, 9.17) is 11.1 Å². The van der Waals surface area contributed by atoms with Crippen molar-refractivity contribution < 1.29 is 26.3 Å². The number of nitrogens with one attached hydrogen (secondary N) is 1. The van der Waals surface area contributed by atoms with Gasteiger partial charge in [-0.3, -0.25) is 5.41 Å². The molecule has 0 heterocycles. The number of benzene rings is 1. The number of hydrogen-bond donors (Lipinski definition) is 2. The molecule has 3 N–H and O–H groups in total. The Morgan fingerprint density at radius 2 is 1.58 bits per heavy atom. The topological polar surface area (TPSA) is 49.9 Å². The first-order chi connectivity index (χ1) is 8.01. The lowest BCUT2D eigenvalue weighted by atomic mass is 10.00.